The van der Waals surface area contributed by atoms with Gasteiger partial charge in [0.05, 0.1) is 17.9 Å². The second-order valence-electron chi connectivity index (χ2n) is 7.31. The van der Waals surface area contributed by atoms with Gasteiger partial charge in [0.1, 0.15) is 12.4 Å². The van der Waals surface area contributed by atoms with Crippen molar-refractivity contribution in [3.8, 4) is 11.4 Å². The predicted octanol–water partition coefficient (Wildman–Crippen LogP) is 3.04. The topological polar surface area (TPSA) is 77.2 Å². The van der Waals surface area contributed by atoms with E-state index in [2.05, 4.69) is 25.0 Å². The third-order valence-electron chi connectivity index (χ3n) is 5.45. The Morgan fingerprint density at radius 1 is 1.23 bits per heavy atom. The van der Waals surface area contributed by atoms with Crippen LogP contribution in [0.2, 0.25) is 0 Å². The second-order valence-corrected chi connectivity index (χ2v) is 7.31. The molecule has 7 heteroatoms. The number of nitrogens with zero attached hydrogens (tertiary/aromatic N) is 5. The molecule has 0 amide bonds. The summed E-state index contributed by atoms with van der Waals surface area (Å²) in [5, 5.41) is 4.09. The number of aromatic nitrogens is 4. The zero-order valence-electron chi connectivity index (χ0n) is 15.4. The van der Waals surface area contributed by atoms with Gasteiger partial charge in [-0.15, -0.1) is 0 Å². The van der Waals surface area contributed by atoms with Crippen LogP contribution in [0, 0.1) is 5.92 Å². The molecule has 1 atom stereocenters. The van der Waals surface area contributed by atoms with Crippen LogP contribution in [0.15, 0.2) is 17.0 Å². The van der Waals surface area contributed by atoms with Gasteiger partial charge >= 0.3 is 0 Å². The number of hydrogen-bond donors (Lipinski definition) is 0. The molecule has 0 N–H and O–H groups in total. The van der Waals surface area contributed by atoms with Crippen LogP contribution in [0.3, 0.4) is 0 Å². The van der Waals surface area contributed by atoms with Gasteiger partial charge in [0, 0.05) is 32.3 Å². The molecule has 0 aromatic carbocycles. The molecule has 4 rings (SSSR count). The van der Waals surface area contributed by atoms with Gasteiger partial charge in [0.15, 0.2) is 0 Å². The molecular weight excluding hydrogens is 330 g/mol. The average Bonchev–Trinajstić information content (AvgIpc) is 3.18. The van der Waals surface area contributed by atoms with Gasteiger partial charge in [-0.05, 0) is 18.8 Å². The molecule has 1 saturated heterocycles. The summed E-state index contributed by atoms with van der Waals surface area (Å²) in [6.45, 7) is 5.75. The predicted molar refractivity (Wildman–Crippen MR) is 96.4 cm³/mol. The number of hydrogen-bond acceptors (Lipinski definition) is 7. The van der Waals surface area contributed by atoms with E-state index in [0.29, 0.717) is 18.1 Å². The molecule has 1 aliphatic heterocycles. The van der Waals surface area contributed by atoms with Crippen LogP contribution in [-0.4, -0.2) is 51.2 Å². The molecule has 0 radical (unpaired) electrons. The lowest BCUT2D eigenvalue weighted by molar-refractivity contribution is -0.0377. The number of morpholine rings is 1. The molecule has 2 aliphatic rings. The van der Waals surface area contributed by atoms with Crippen molar-refractivity contribution in [1.82, 2.24) is 25.0 Å². The van der Waals surface area contributed by atoms with Gasteiger partial charge in [0.25, 0.3) is 0 Å². The Bertz CT molecular complexity index is 713. The molecule has 2 aromatic heterocycles. The molecule has 140 valence electrons. The van der Waals surface area contributed by atoms with Crippen molar-refractivity contribution in [2.75, 3.05) is 26.2 Å². The largest absolute Gasteiger partial charge is 0.369 e. The molecular formula is C19H27N5O2. The van der Waals surface area contributed by atoms with Crippen LogP contribution in [0.25, 0.3) is 11.4 Å². The fourth-order valence-electron chi connectivity index (χ4n) is 4.04. The first-order valence-corrected chi connectivity index (χ1v) is 9.80. The van der Waals surface area contributed by atoms with Gasteiger partial charge in [-0.25, -0.2) is 9.97 Å². The van der Waals surface area contributed by atoms with Gasteiger partial charge in [0.2, 0.25) is 11.7 Å². The van der Waals surface area contributed by atoms with Gasteiger partial charge in [-0.1, -0.05) is 31.3 Å². The number of aryl methyl sites for hydroxylation is 1. The summed E-state index contributed by atoms with van der Waals surface area (Å²) in [7, 11) is 0. The average molecular weight is 357 g/mol. The van der Waals surface area contributed by atoms with Crippen molar-refractivity contribution < 1.29 is 9.26 Å². The van der Waals surface area contributed by atoms with Crippen molar-refractivity contribution in [3.63, 3.8) is 0 Å². The highest BCUT2D eigenvalue weighted by Crippen LogP contribution is 2.30. The van der Waals surface area contributed by atoms with Crippen molar-refractivity contribution in [1.29, 1.82) is 0 Å². The van der Waals surface area contributed by atoms with Crippen molar-refractivity contribution >= 4 is 0 Å². The first-order chi connectivity index (χ1) is 12.8. The van der Waals surface area contributed by atoms with Crippen molar-refractivity contribution in [3.05, 3.63) is 24.1 Å². The van der Waals surface area contributed by atoms with Crippen molar-refractivity contribution in [2.45, 2.75) is 51.6 Å². The molecule has 7 nitrogen and oxygen atoms in total. The van der Waals surface area contributed by atoms with E-state index in [9.17, 15) is 0 Å². The summed E-state index contributed by atoms with van der Waals surface area (Å²) >= 11 is 0. The Morgan fingerprint density at radius 2 is 2.12 bits per heavy atom. The monoisotopic (exact) mass is 357 g/mol. The summed E-state index contributed by atoms with van der Waals surface area (Å²) in [5.74, 6) is 2.00. The SMILES string of the molecule is CCc1nc(-c2cncnc2[C@@H]2CN(CC3CCCCC3)CCO2)no1. The Morgan fingerprint density at radius 3 is 2.92 bits per heavy atom. The maximum absolute atomic E-state index is 6.06. The Labute approximate surface area is 154 Å². The van der Waals surface area contributed by atoms with Crippen LogP contribution in [0.5, 0.6) is 0 Å². The quantitative estimate of drug-likeness (QED) is 0.814. The van der Waals surface area contributed by atoms with E-state index < -0.39 is 0 Å². The molecule has 0 bridgehead atoms. The zero-order chi connectivity index (χ0) is 17.8. The maximum Gasteiger partial charge on any atom is 0.226 e. The van der Waals surface area contributed by atoms with E-state index in [1.54, 1.807) is 12.5 Å². The number of rotatable bonds is 5. The summed E-state index contributed by atoms with van der Waals surface area (Å²) in [4.78, 5) is 15.6. The van der Waals surface area contributed by atoms with E-state index in [-0.39, 0.29) is 6.10 Å². The molecule has 1 aliphatic carbocycles. The van der Waals surface area contributed by atoms with E-state index in [0.717, 1.165) is 36.9 Å². The normalized spacial score (nSPS) is 22.6. The van der Waals surface area contributed by atoms with E-state index in [1.165, 1.54) is 38.6 Å². The third kappa shape index (κ3) is 3.94. The molecule has 2 aromatic rings. The highest BCUT2D eigenvalue weighted by molar-refractivity contribution is 5.56. The second kappa shape index (κ2) is 8.22. The molecule has 2 fully saturated rings. The molecule has 26 heavy (non-hydrogen) atoms. The fraction of sp³-hybridized carbons (Fsp3) is 0.684. The van der Waals surface area contributed by atoms with Gasteiger partial charge in [-0.2, -0.15) is 4.98 Å². The molecule has 3 heterocycles. The highest BCUT2D eigenvalue weighted by atomic mass is 16.5. The van der Waals surface area contributed by atoms with Crippen LogP contribution in [0.1, 0.15) is 56.7 Å². The summed E-state index contributed by atoms with van der Waals surface area (Å²) in [5.41, 5.74) is 1.66. The number of ether oxygens (including phenoxy) is 1. The minimum atomic E-state index is -0.0751. The minimum Gasteiger partial charge on any atom is -0.369 e. The van der Waals surface area contributed by atoms with Crippen LogP contribution in [-0.2, 0) is 11.2 Å². The standard InChI is InChI=1S/C19H27N5O2/c1-2-17-22-19(23-26-17)15-10-20-13-21-18(15)16-12-24(8-9-25-16)11-14-6-4-3-5-7-14/h10,13-14,16H,2-9,11-12H2,1H3/t16-/m0/s1. The lowest BCUT2D eigenvalue weighted by Crippen LogP contribution is -2.41. The highest BCUT2D eigenvalue weighted by Gasteiger charge is 2.28. The first kappa shape index (κ1) is 17.5. The Balaban J connectivity index is 1.49. The molecule has 0 unspecified atom stereocenters. The molecule has 1 saturated carbocycles. The summed E-state index contributed by atoms with van der Waals surface area (Å²) < 4.78 is 11.3. The van der Waals surface area contributed by atoms with Crippen LogP contribution < -0.4 is 0 Å². The van der Waals surface area contributed by atoms with Crippen LogP contribution >= 0.6 is 0 Å². The zero-order valence-corrected chi connectivity index (χ0v) is 15.4. The van der Waals surface area contributed by atoms with E-state index in [4.69, 9.17) is 9.26 Å². The van der Waals surface area contributed by atoms with E-state index >= 15 is 0 Å². The van der Waals surface area contributed by atoms with E-state index in [1.807, 2.05) is 6.92 Å². The molecule has 0 spiro atoms. The van der Waals surface area contributed by atoms with Gasteiger partial charge < -0.3 is 9.26 Å². The maximum atomic E-state index is 6.06. The van der Waals surface area contributed by atoms with Crippen LogP contribution in [0.4, 0.5) is 0 Å². The first-order valence-electron chi connectivity index (χ1n) is 9.80. The Hall–Kier alpha value is -1.86. The third-order valence-corrected chi connectivity index (χ3v) is 5.45. The summed E-state index contributed by atoms with van der Waals surface area (Å²) in [6, 6.07) is 0. The Kier molecular flexibility index (Phi) is 5.55. The lowest BCUT2D eigenvalue weighted by atomic mass is 9.89. The lowest BCUT2D eigenvalue weighted by Gasteiger charge is -2.36. The summed E-state index contributed by atoms with van der Waals surface area (Å²) in [6.07, 6.45) is 10.9. The smallest absolute Gasteiger partial charge is 0.226 e. The minimum absolute atomic E-state index is 0.0751. The van der Waals surface area contributed by atoms with Gasteiger partial charge in [-0.3, -0.25) is 4.90 Å². The fourth-order valence-corrected chi connectivity index (χ4v) is 4.04. The van der Waals surface area contributed by atoms with Crippen molar-refractivity contribution in [2.24, 2.45) is 5.92 Å².